The lowest BCUT2D eigenvalue weighted by atomic mass is 9.98. The normalized spacial score (nSPS) is 16.4. The minimum Gasteiger partial charge on any atom is -0.497 e. The van der Waals surface area contributed by atoms with Crippen LogP contribution in [0.4, 0.5) is 0 Å². The van der Waals surface area contributed by atoms with Gasteiger partial charge in [0, 0.05) is 19.0 Å². The Balaban J connectivity index is 1.55. The highest BCUT2D eigenvalue weighted by Crippen LogP contribution is 2.31. The number of para-hydroxylation sites is 1. The predicted molar refractivity (Wildman–Crippen MR) is 110 cm³/mol. The van der Waals surface area contributed by atoms with Gasteiger partial charge in [0.1, 0.15) is 10.9 Å². The van der Waals surface area contributed by atoms with Crippen LogP contribution in [0.5, 0.6) is 5.75 Å². The van der Waals surface area contributed by atoms with Gasteiger partial charge in [-0.15, -0.1) is 0 Å². The number of ether oxygens (including phenoxy) is 1. The van der Waals surface area contributed by atoms with Gasteiger partial charge in [0.2, 0.25) is 0 Å². The molecule has 144 valence electrons. The molecular weight excluding hydrogens is 374 g/mol. The van der Waals surface area contributed by atoms with Gasteiger partial charge in [0.25, 0.3) is 5.91 Å². The number of likely N-dealkylation sites (tertiary alicyclic amines) is 1. The van der Waals surface area contributed by atoms with Crippen molar-refractivity contribution in [1.82, 2.24) is 14.7 Å². The molecule has 0 radical (unpaired) electrons. The Hall–Kier alpha value is -2.79. The number of hydrogen-bond donors (Lipinski definition) is 0. The van der Waals surface area contributed by atoms with Gasteiger partial charge in [-0.05, 0) is 43.2 Å². The molecule has 1 aliphatic heterocycles. The summed E-state index contributed by atoms with van der Waals surface area (Å²) in [5, 5.41) is 4.86. The van der Waals surface area contributed by atoms with E-state index in [2.05, 4.69) is 17.2 Å². The largest absolute Gasteiger partial charge is 0.497 e. The highest BCUT2D eigenvalue weighted by atomic mass is 35.5. The monoisotopic (exact) mass is 395 g/mol. The fourth-order valence-corrected chi connectivity index (χ4v) is 4.09. The van der Waals surface area contributed by atoms with Crippen molar-refractivity contribution in [2.24, 2.45) is 0 Å². The van der Waals surface area contributed by atoms with Gasteiger partial charge in [0.15, 0.2) is 0 Å². The lowest BCUT2D eigenvalue weighted by Crippen LogP contribution is -2.29. The van der Waals surface area contributed by atoms with Crippen LogP contribution in [0, 0.1) is 6.92 Å². The van der Waals surface area contributed by atoms with Crippen LogP contribution in [-0.2, 0) is 0 Å². The van der Waals surface area contributed by atoms with E-state index in [1.165, 1.54) is 5.56 Å². The van der Waals surface area contributed by atoms with E-state index < -0.39 is 0 Å². The van der Waals surface area contributed by atoms with E-state index in [0.29, 0.717) is 35.4 Å². The third-order valence-electron chi connectivity index (χ3n) is 5.28. The van der Waals surface area contributed by atoms with Crippen LogP contribution < -0.4 is 4.74 Å². The first-order chi connectivity index (χ1) is 13.6. The maximum absolute atomic E-state index is 13.2. The smallest absolute Gasteiger partial charge is 0.258 e. The summed E-state index contributed by atoms with van der Waals surface area (Å²) < 4.78 is 6.85. The van der Waals surface area contributed by atoms with Gasteiger partial charge in [-0.2, -0.15) is 5.10 Å². The van der Waals surface area contributed by atoms with Crippen LogP contribution in [0.25, 0.3) is 5.69 Å². The molecule has 1 unspecified atom stereocenters. The highest BCUT2D eigenvalue weighted by Gasteiger charge is 2.31. The summed E-state index contributed by atoms with van der Waals surface area (Å²) >= 11 is 6.56. The fraction of sp³-hybridized carbons (Fsp3) is 0.273. The maximum atomic E-state index is 13.2. The lowest BCUT2D eigenvalue weighted by Gasteiger charge is -2.17. The molecule has 1 saturated heterocycles. The summed E-state index contributed by atoms with van der Waals surface area (Å²) in [7, 11) is 1.66. The molecule has 1 aromatic heterocycles. The summed E-state index contributed by atoms with van der Waals surface area (Å²) in [4.78, 5) is 15.1. The number of nitrogens with zero attached hydrogens (tertiary/aromatic N) is 3. The maximum Gasteiger partial charge on any atom is 0.258 e. The molecular formula is C22H22ClN3O2. The van der Waals surface area contributed by atoms with Crippen molar-refractivity contribution in [3.8, 4) is 11.4 Å². The summed E-state index contributed by atoms with van der Waals surface area (Å²) in [6.45, 7) is 3.22. The summed E-state index contributed by atoms with van der Waals surface area (Å²) in [6, 6.07) is 17.7. The molecule has 6 heteroatoms. The van der Waals surface area contributed by atoms with E-state index in [1.54, 1.807) is 11.8 Å². The van der Waals surface area contributed by atoms with Crippen molar-refractivity contribution in [3.63, 3.8) is 0 Å². The minimum atomic E-state index is -0.0549. The van der Waals surface area contributed by atoms with Crippen LogP contribution in [0.2, 0.25) is 5.15 Å². The zero-order valence-electron chi connectivity index (χ0n) is 15.9. The van der Waals surface area contributed by atoms with Gasteiger partial charge in [-0.25, -0.2) is 4.68 Å². The molecule has 0 aliphatic carbocycles. The first-order valence-corrected chi connectivity index (χ1v) is 9.70. The standard InChI is InChI=1S/C22H22ClN3O2/c1-15-20(21(23)26(24-15)18-6-4-3-5-7-18)22(27)25-13-12-17(14-25)16-8-10-19(28-2)11-9-16/h3-11,17H,12-14H2,1-2H3. The number of aromatic nitrogens is 2. The Bertz CT molecular complexity index is 983. The van der Waals surface area contributed by atoms with Crippen molar-refractivity contribution >= 4 is 17.5 Å². The molecule has 1 amide bonds. The van der Waals surface area contributed by atoms with E-state index >= 15 is 0 Å². The molecule has 1 aliphatic rings. The van der Waals surface area contributed by atoms with E-state index in [0.717, 1.165) is 17.9 Å². The average molecular weight is 396 g/mol. The molecule has 28 heavy (non-hydrogen) atoms. The molecule has 1 atom stereocenters. The molecule has 0 spiro atoms. The number of carbonyl (C=O) groups excluding carboxylic acids is 1. The molecule has 0 N–H and O–H groups in total. The predicted octanol–water partition coefficient (Wildman–Crippen LogP) is 4.47. The summed E-state index contributed by atoms with van der Waals surface area (Å²) in [5.41, 5.74) is 3.19. The Morgan fingerprint density at radius 2 is 1.86 bits per heavy atom. The molecule has 3 aromatic rings. The molecule has 5 nitrogen and oxygen atoms in total. The number of hydrogen-bond acceptors (Lipinski definition) is 3. The molecule has 2 aromatic carbocycles. The number of benzene rings is 2. The van der Waals surface area contributed by atoms with Crippen LogP contribution in [0.3, 0.4) is 0 Å². The summed E-state index contributed by atoms with van der Waals surface area (Å²) in [6.07, 6.45) is 0.932. The second-order valence-corrected chi connectivity index (χ2v) is 7.37. The number of halogens is 1. The number of aryl methyl sites for hydroxylation is 1. The molecule has 0 saturated carbocycles. The zero-order chi connectivity index (χ0) is 19.7. The molecule has 2 heterocycles. The van der Waals surface area contributed by atoms with Crippen LogP contribution in [0.15, 0.2) is 54.6 Å². The van der Waals surface area contributed by atoms with Gasteiger partial charge < -0.3 is 9.64 Å². The minimum absolute atomic E-state index is 0.0549. The van der Waals surface area contributed by atoms with E-state index in [4.69, 9.17) is 16.3 Å². The van der Waals surface area contributed by atoms with E-state index in [1.807, 2.05) is 54.3 Å². The van der Waals surface area contributed by atoms with Gasteiger partial charge >= 0.3 is 0 Å². The van der Waals surface area contributed by atoms with Crippen LogP contribution in [-0.4, -0.2) is 40.8 Å². The topological polar surface area (TPSA) is 47.4 Å². The lowest BCUT2D eigenvalue weighted by molar-refractivity contribution is 0.0790. The van der Waals surface area contributed by atoms with Gasteiger partial charge in [0.05, 0.1) is 24.1 Å². The first kappa shape index (κ1) is 18.6. The van der Waals surface area contributed by atoms with E-state index in [9.17, 15) is 4.79 Å². The second kappa shape index (κ2) is 7.68. The SMILES string of the molecule is COc1ccc(C2CCN(C(=O)c3c(C)nn(-c4ccccc4)c3Cl)C2)cc1. The quantitative estimate of drug-likeness (QED) is 0.654. The van der Waals surface area contributed by atoms with Crippen LogP contribution >= 0.6 is 11.6 Å². The molecule has 1 fully saturated rings. The van der Waals surface area contributed by atoms with Crippen LogP contribution in [0.1, 0.15) is 34.0 Å². The Kier molecular flexibility index (Phi) is 5.09. The van der Waals surface area contributed by atoms with Gasteiger partial charge in [-0.3, -0.25) is 4.79 Å². The highest BCUT2D eigenvalue weighted by molar-refractivity contribution is 6.33. The third kappa shape index (κ3) is 3.38. The van der Waals surface area contributed by atoms with E-state index in [-0.39, 0.29) is 5.91 Å². The number of rotatable bonds is 4. The van der Waals surface area contributed by atoms with Crippen molar-refractivity contribution in [1.29, 1.82) is 0 Å². The van der Waals surface area contributed by atoms with Gasteiger partial charge in [-0.1, -0.05) is 41.9 Å². The second-order valence-electron chi connectivity index (χ2n) is 7.01. The van der Waals surface area contributed by atoms with Crippen molar-refractivity contribution in [3.05, 3.63) is 76.6 Å². The Morgan fingerprint density at radius 1 is 1.14 bits per heavy atom. The first-order valence-electron chi connectivity index (χ1n) is 9.32. The van der Waals surface area contributed by atoms with Crippen molar-refractivity contribution in [2.45, 2.75) is 19.3 Å². The van der Waals surface area contributed by atoms with Crippen molar-refractivity contribution < 1.29 is 9.53 Å². The van der Waals surface area contributed by atoms with Crippen molar-refractivity contribution in [2.75, 3.05) is 20.2 Å². The fourth-order valence-electron chi connectivity index (χ4n) is 3.73. The number of methoxy groups -OCH3 is 1. The third-order valence-corrected chi connectivity index (χ3v) is 5.63. The summed E-state index contributed by atoms with van der Waals surface area (Å²) in [5.74, 6) is 1.10. The number of carbonyl (C=O) groups is 1. The molecule has 4 rings (SSSR count). The Morgan fingerprint density at radius 3 is 2.54 bits per heavy atom. The number of amides is 1. The zero-order valence-corrected chi connectivity index (χ0v) is 16.7. The Labute approximate surface area is 169 Å². The molecule has 0 bridgehead atoms. The average Bonchev–Trinajstić information content (AvgIpc) is 3.33.